The molecule has 0 saturated carbocycles. The maximum absolute atomic E-state index is 11.8. The molecule has 0 N–H and O–H groups in total. The quantitative estimate of drug-likeness (QED) is 0.744. The lowest BCUT2D eigenvalue weighted by Crippen LogP contribution is -2.38. The van der Waals surface area contributed by atoms with Crippen molar-refractivity contribution in [3.63, 3.8) is 0 Å². The fraction of sp³-hybridized carbons (Fsp3) is 0.571. The molecular formula is C14H20N2O2. The van der Waals surface area contributed by atoms with Gasteiger partial charge in [-0.25, -0.2) is 0 Å². The summed E-state index contributed by atoms with van der Waals surface area (Å²) in [7, 11) is 0. The molecule has 1 aliphatic heterocycles. The molecule has 0 bridgehead atoms. The van der Waals surface area contributed by atoms with Gasteiger partial charge in [-0.3, -0.25) is 9.78 Å². The summed E-state index contributed by atoms with van der Waals surface area (Å²) in [5, 5.41) is 0. The Labute approximate surface area is 108 Å². The zero-order valence-electron chi connectivity index (χ0n) is 10.7. The molecule has 0 spiro atoms. The number of pyridine rings is 1. The summed E-state index contributed by atoms with van der Waals surface area (Å²) in [5.41, 5.74) is 1.14. The van der Waals surface area contributed by atoms with Crippen molar-refractivity contribution in [2.75, 3.05) is 26.3 Å². The van der Waals surface area contributed by atoms with E-state index in [9.17, 15) is 4.79 Å². The summed E-state index contributed by atoms with van der Waals surface area (Å²) in [6.45, 7) is 2.57. The molecule has 1 saturated heterocycles. The molecule has 1 aromatic rings. The first-order valence-electron chi connectivity index (χ1n) is 6.61. The number of amides is 1. The molecule has 1 aliphatic rings. The Morgan fingerprint density at radius 2 is 2.17 bits per heavy atom. The molecule has 1 amide bonds. The number of carbonyl (C=O) groups excluding carboxylic acids is 1. The van der Waals surface area contributed by atoms with E-state index >= 15 is 0 Å². The van der Waals surface area contributed by atoms with Gasteiger partial charge in [-0.1, -0.05) is 6.07 Å². The van der Waals surface area contributed by atoms with E-state index in [1.807, 2.05) is 23.2 Å². The molecule has 0 aromatic carbocycles. The summed E-state index contributed by atoms with van der Waals surface area (Å²) < 4.78 is 5.43. The van der Waals surface area contributed by atoms with Gasteiger partial charge in [0, 0.05) is 25.5 Å². The van der Waals surface area contributed by atoms with Crippen LogP contribution >= 0.6 is 0 Å². The highest BCUT2D eigenvalue weighted by molar-refractivity contribution is 5.77. The number of ether oxygens (including phenoxy) is 1. The molecule has 98 valence electrons. The van der Waals surface area contributed by atoms with Crippen molar-refractivity contribution in [1.29, 1.82) is 0 Å². The molecule has 0 radical (unpaired) electrons. The van der Waals surface area contributed by atoms with E-state index in [1.165, 1.54) is 6.42 Å². The third-order valence-corrected chi connectivity index (χ3v) is 3.19. The maximum atomic E-state index is 11.8. The van der Waals surface area contributed by atoms with Crippen LogP contribution < -0.4 is 0 Å². The van der Waals surface area contributed by atoms with E-state index in [2.05, 4.69) is 4.98 Å². The maximum Gasteiger partial charge on any atom is 0.248 e. The van der Waals surface area contributed by atoms with Crippen molar-refractivity contribution < 1.29 is 9.53 Å². The van der Waals surface area contributed by atoms with Gasteiger partial charge < -0.3 is 9.64 Å². The minimum Gasteiger partial charge on any atom is -0.371 e. The van der Waals surface area contributed by atoms with Crippen molar-refractivity contribution in [1.82, 2.24) is 9.88 Å². The van der Waals surface area contributed by atoms with Crippen LogP contribution in [0.15, 0.2) is 24.5 Å². The van der Waals surface area contributed by atoms with Crippen LogP contribution in [0.4, 0.5) is 0 Å². The Morgan fingerprint density at radius 3 is 2.89 bits per heavy atom. The third kappa shape index (κ3) is 4.11. The zero-order chi connectivity index (χ0) is 12.6. The van der Waals surface area contributed by atoms with Gasteiger partial charge >= 0.3 is 0 Å². The van der Waals surface area contributed by atoms with Crippen LogP contribution in [0.5, 0.6) is 0 Å². The van der Waals surface area contributed by atoms with Gasteiger partial charge in [-0.2, -0.15) is 0 Å². The first kappa shape index (κ1) is 13.0. The Bertz CT molecular complexity index is 361. The number of nitrogens with zero attached hydrogens (tertiary/aromatic N) is 2. The summed E-state index contributed by atoms with van der Waals surface area (Å²) in [5.74, 6) is 0.126. The molecule has 0 aliphatic carbocycles. The second-order valence-corrected chi connectivity index (χ2v) is 4.61. The molecule has 4 heteroatoms. The topological polar surface area (TPSA) is 42.4 Å². The largest absolute Gasteiger partial charge is 0.371 e. The molecule has 18 heavy (non-hydrogen) atoms. The van der Waals surface area contributed by atoms with Crippen molar-refractivity contribution in [3.05, 3.63) is 30.1 Å². The lowest BCUT2D eigenvalue weighted by atomic mass is 10.1. The van der Waals surface area contributed by atoms with Crippen molar-refractivity contribution in [3.8, 4) is 0 Å². The Kier molecular flexibility index (Phi) is 5.15. The molecule has 4 nitrogen and oxygen atoms in total. The summed E-state index contributed by atoms with van der Waals surface area (Å²) in [4.78, 5) is 17.7. The van der Waals surface area contributed by atoms with Gasteiger partial charge in [-0.05, 0) is 37.3 Å². The lowest BCUT2D eigenvalue weighted by Gasteiger charge is -2.26. The number of carbonyl (C=O) groups is 1. The van der Waals surface area contributed by atoms with Gasteiger partial charge in [0.15, 0.2) is 0 Å². The van der Waals surface area contributed by atoms with Crippen molar-refractivity contribution in [2.45, 2.75) is 25.7 Å². The number of hydrogen-bond acceptors (Lipinski definition) is 3. The number of piperidine rings is 1. The average molecular weight is 248 g/mol. The van der Waals surface area contributed by atoms with Gasteiger partial charge in [0.2, 0.25) is 5.91 Å². The summed E-state index contributed by atoms with van der Waals surface area (Å²) >= 11 is 0. The van der Waals surface area contributed by atoms with E-state index in [0.717, 1.165) is 37.9 Å². The van der Waals surface area contributed by atoms with E-state index in [1.54, 1.807) is 6.20 Å². The van der Waals surface area contributed by atoms with Crippen LogP contribution in [0.3, 0.4) is 0 Å². The molecule has 0 unspecified atom stereocenters. The second kappa shape index (κ2) is 7.11. The minimum atomic E-state index is 0.126. The number of rotatable bonds is 5. The Morgan fingerprint density at radius 1 is 1.33 bits per heavy atom. The predicted octanol–water partition coefficient (Wildman–Crippen LogP) is 1.65. The van der Waals surface area contributed by atoms with Gasteiger partial charge in [0.05, 0.1) is 6.61 Å². The zero-order valence-corrected chi connectivity index (χ0v) is 10.7. The lowest BCUT2D eigenvalue weighted by molar-refractivity contribution is -0.137. The minimum absolute atomic E-state index is 0.126. The molecule has 1 aromatic heterocycles. The first-order valence-corrected chi connectivity index (χ1v) is 6.61. The molecule has 0 atom stereocenters. The standard InChI is InChI=1S/C14H20N2O2/c17-14(16-8-2-1-3-9-16)12-18-10-6-13-5-4-7-15-11-13/h4-5,7,11H,1-3,6,8-10,12H2. The monoisotopic (exact) mass is 248 g/mol. The van der Waals surface area contributed by atoms with E-state index in [4.69, 9.17) is 4.74 Å². The van der Waals surface area contributed by atoms with Crippen LogP contribution in [-0.4, -0.2) is 42.1 Å². The number of aromatic nitrogens is 1. The Balaban J connectivity index is 1.61. The Hall–Kier alpha value is -1.42. The van der Waals surface area contributed by atoms with Crippen LogP contribution in [0.25, 0.3) is 0 Å². The van der Waals surface area contributed by atoms with E-state index < -0.39 is 0 Å². The fourth-order valence-corrected chi connectivity index (χ4v) is 2.13. The molecule has 1 fully saturated rings. The number of hydrogen-bond donors (Lipinski definition) is 0. The second-order valence-electron chi connectivity index (χ2n) is 4.61. The highest BCUT2D eigenvalue weighted by Crippen LogP contribution is 2.08. The summed E-state index contributed by atoms with van der Waals surface area (Å²) in [6.07, 6.45) is 7.88. The fourth-order valence-electron chi connectivity index (χ4n) is 2.13. The van der Waals surface area contributed by atoms with E-state index in [-0.39, 0.29) is 12.5 Å². The highest BCUT2D eigenvalue weighted by atomic mass is 16.5. The average Bonchev–Trinajstić information content (AvgIpc) is 2.45. The van der Waals surface area contributed by atoms with Gasteiger partial charge in [0.1, 0.15) is 6.61 Å². The van der Waals surface area contributed by atoms with Gasteiger partial charge in [0.25, 0.3) is 0 Å². The van der Waals surface area contributed by atoms with Crippen LogP contribution in [0.1, 0.15) is 24.8 Å². The smallest absolute Gasteiger partial charge is 0.248 e. The summed E-state index contributed by atoms with van der Waals surface area (Å²) in [6, 6.07) is 3.93. The van der Waals surface area contributed by atoms with Crippen molar-refractivity contribution >= 4 is 5.91 Å². The highest BCUT2D eigenvalue weighted by Gasteiger charge is 2.15. The number of likely N-dealkylation sites (tertiary alicyclic amines) is 1. The van der Waals surface area contributed by atoms with Crippen LogP contribution in [0, 0.1) is 0 Å². The first-order chi connectivity index (χ1) is 8.86. The predicted molar refractivity (Wildman–Crippen MR) is 69.2 cm³/mol. The third-order valence-electron chi connectivity index (χ3n) is 3.19. The van der Waals surface area contributed by atoms with Crippen LogP contribution in [-0.2, 0) is 16.0 Å². The van der Waals surface area contributed by atoms with Crippen molar-refractivity contribution in [2.24, 2.45) is 0 Å². The van der Waals surface area contributed by atoms with E-state index in [0.29, 0.717) is 6.61 Å². The van der Waals surface area contributed by atoms with Gasteiger partial charge in [-0.15, -0.1) is 0 Å². The molecule has 2 heterocycles. The SMILES string of the molecule is O=C(COCCc1cccnc1)N1CCCCC1. The van der Waals surface area contributed by atoms with Crippen LogP contribution in [0.2, 0.25) is 0 Å². The normalized spacial score (nSPS) is 15.7. The molecule has 2 rings (SSSR count). The molecular weight excluding hydrogens is 228 g/mol.